The molecule has 1 spiro atoms. The van der Waals surface area contributed by atoms with Crippen LogP contribution in [0.25, 0.3) is 0 Å². The summed E-state index contributed by atoms with van der Waals surface area (Å²) in [4.78, 5) is 5.29. The summed E-state index contributed by atoms with van der Waals surface area (Å²) in [6.45, 7) is 8.72. The number of likely N-dealkylation sites (tertiary alicyclic amines) is 2. The number of hydrogen-bond donors (Lipinski definition) is 0. The van der Waals surface area contributed by atoms with Crippen LogP contribution in [-0.4, -0.2) is 65.0 Å². The Balaban J connectivity index is 1.56. The Bertz CT molecular complexity index is 491. The minimum Gasteiger partial charge on any atom is -0.383 e. The van der Waals surface area contributed by atoms with Crippen LogP contribution >= 0.6 is 0 Å². The van der Waals surface area contributed by atoms with E-state index in [0.717, 1.165) is 25.4 Å². The molecule has 124 valence electrons. The highest BCUT2D eigenvalue weighted by atomic mass is 16.5. The second-order valence-electron chi connectivity index (χ2n) is 6.98. The van der Waals surface area contributed by atoms with E-state index in [1.54, 1.807) is 7.11 Å². The van der Waals surface area contributed by atoms with E-state index < -0.39 is 0 Å². The van der Waals surface area contributed by atoms with E-state index in [2.05, 4.69) is 34.9 Å². The standard InChI is InChI=1S/C17H30N4O/c1-15-13-16(19(2)18-15)14-20-9-6-17(7-10-20)5-4-8-21(17)11-12-22-3/h13H,4-12,14H2,1-3H3. The highest BCUT2D eigenvalue weighted by Gasteiger charge is 2.42. The van der Waals surface area contributed by atoms with Crippen LogP contribution in [0.4, 0.5) is 0 Å². The van der Waals surface area contributed by atoms with Gasteiger partial charge in [-0.05, 0) is 45.2 Å². The lowest BCUT2D eigenvalue weighted by Crippen LogP contribution is -2.52. The van der Waals surface area contributed by atoms with Gasteiger partial charge in [0.1, 0.15) is 0 Å². The molecule has 0 unspecified atom stereocenters. The summed E-state index contributed by atoms with van der Waals surface area (Å²) in [5, 5.41) is 4.46. The number of piperidine rings is 1. The first kappa shape index (κ1) is 16.0. The van der Waals surface area contributed by atoms with Gasteiger partial charge in [-0.25, -0.2) is 0 Å². The topological polar surface area (TPSA) is 33.5 Å². The fourth-order valence-corrected chi connectivity index (χ4v) is 4.28. The highest BCUT2D eigenvalue weighted by Crippen LogP contribution is 2.38. The predicted molar refractivity (Wildman–Crippen MR) is 87.9 cm³/mol. The summed E-state index contributed by atoms with van der Waals surface area (Å²) < 4.78 is 7.32. The third kappa shape index (κ3) is 3.21. The van der Waals surface area contributed by atoms with Crippen LogP contribution in [0.1, 0.15) is 37.1 Å². The summed E-state index contributed by atoms with van der Waals surface area (Å²) in [5.41, 5.74) is 2.90. The Kier molecular flexibility index (Phi) is 4.85. The van der Waals surface area contributed by atoms with Crippen LogP contribution in [0.5, 0.6) is 0 Å². The van der Waals surface area contributed by atoms with E-state index in [0.29, 0.717) is 5.54 Å². The average molecular weight is 306 g/mol. The average Bonchev–Trinajstić information content (AvgIpc) is 3.03. The number of ether oxygens (including phenoxy) is 1. The third-order valence-electron chi connectivity index (χ3n) is 5.58. The van der Waals surface area contributed by atoms with Gasteiger partial charge in [-0.15, -0.1) is 0 Å². The minimum atomic E-state index is 0.456. The molecule has 0 aliphatic carbocycles. The van der Waals surface area contributed by atoms with Crippen molar-refractivity contribution in [2.24, 2.45) is 7.05 Å². The third-order valence-corrected chi connectivity index (χ3v) is 5.58. The van der Waals surface area contributed by atoms with Crippen molar-refractivity contribution >= 4 is 0 Å². The first-order chi connectivity index (χ1) is 10.6. The smallest absolute Gasteiger partial charge is 0.0597 e. The normalized spacial score (nSPS) is 22.7. The minimum absolute atomic E-state index is 0.456. The molecule has 0 saturated carbocycles. The van der Waals surface area contributed by atoms with Crippen molar-refractivity contribution < 1.29 is 4.74 Å². The van der Waals surface area contributed by atoms with Crippen LogP contribution < -0.4 is 0 Å². The van der Waals surface area contributed by atoms with Gasteiger partial charge in [-0.2, -0.15) is 5.10 Å². The fraction of sp³-hybridized carbons (Fsp3) is 0.824. The van der Waals surface area contributed by atoms with Crippen molar-refractivity contribution in [3.05, 3.63) is 17.5 Å². The molecule has 0 atom stereocenters. The summed E-state index contributed by atoms with van der Waals surface area (Å²) in [6.07, 6.45) is 5.32. The number of methoxy groups -OCH3 is 1. The molecule has 2 aliphatic heterocycles. The van der Waals surface area contributed by atoms with Gasteiger partial charge in [0.15, 0.2) is 0 Å². The molecule has 2 aliphatic rings. The van der Waals surface area contributed by atoms with Crippen LogP contribution in [0, 0.1) is 6.92 Å². The Hall–Kier alpha value is -0.910. The van der Waals surface area contributed by atoms with Crippen molar-refractivity contribution in [3.8, 4) is 0 Å². The van der Waals surface area contributed by atoms with Crippen LogP contribution in [0.3, 0.4) is 0 Å². The van der Waals surface area contributed by atoms with Gasteiger partial charge in [0.05, 0.1) is 18.0 Å². The molecular formula is C17H30N4O. The summed E-state index contributed by atoms with van der Waals surface area (Å²) in [6, 6.07) is 2.21. The van der Waals surface area contributed by atoms with Gasteiger partial charge in [-0.3, -0.25) is 14.5 Å². The first-order valence-electron chi connectivity index (χ1n) is 8.59. The molecule has 3 heterocycles. The zero-order valence-electron chi connectivity index (χ0n) is 14.3. The lowest BCUT2D eigenvalue weighted by atomic mass is 9.85. The maximum atomic E-state index is 5.29. The molecule has 0 radical (unpaired) electrons. The first-order valence-corrected chi connectivity index (χ1v) is 8.59. The SMILES string of the molecule is COCCN1CCCC12CCN(Cc1cc(C)nn1C)CC2. The molecule has 3 rings (SSSR count). The summed E-state index contributed by atoms with van der Waals surface area (Å²) >= 11 is 0. The van der Waals surface area contributed by atoms with Crippen molar-refractivity contribution in [1.29, 1.82) is 0 Å². The second-order valence-corrected chi connectivity index (χ2v) is 6.98. The summed E-state index contributed by atoms with van der Waals surface area (Å²) in [7, 11) is 3.86. The number of aryl methyl sites for hydroxylation is 2. The van der Waals surface area contributed by atoms with Crippen LogP contribution in [0.2, 0.25) is 0 Å². The van der Waals surface area contributed by atoms with Crippen molar-refractivity contribution in [2.45, 2.75) is 44.7 Å². The molecule has 5 heteroatoms. The van der Waals surface area contributed by atoms with E-state index >= 15 is 0 Å². The number of aromatic nitrogens is 2. The van der Waals surface area contributed by atoms with E-state index in [4.69, 9.17) is 4.74 Å². The number of nitrogens with zero attached hydrogens (tertiary/aromatic N) is 4. The molecular weight excluding hydrogens is 276 g/mol. The van der Waals surface area contributed by atoms with Gasteiger partial charge < -0.3 is 4.74 Å². The zero-order valence-corrected chi connectivity index (χ0v) is 14.3. The summed E-state index contributed by atoms with van der Waals surface area (Å²) in [5.74, 6) is 0. The van der Waals surface area contributed by atoms with Crippen molar-refractivity contribution in [2.75, 3.05) is 39.9 Å². The van der Waals surface area contributed by atoms with Crippen molar-refractivity contribution in [3.63, 3.8) is 0 Å². The molecule has 0 amide bonds. The molecule has 0 aromatic carbocycles. The monoisotopic (exact) mass is 306 g/mol. The molecule has 2 saturated heterocycles. The Labute approximate surface area is 134 Å². The Morgan fingerprint density at radius 2 is 2.00 bits per heavy atom. The zero-order chi connectivity index (χ0) is 15.6. The van der Waals surface area contributed by atoms with Gasteiger partial charge >= 0.3 is 0 Å². The molecule has 0 bridgehead atoms. The van der Waals surface area contributed by atoms with Crippen LogP contribution in [-0.2, 0) is 18.3 Å². The Morgan fingerprint density at radius 1 is 1.23 bits per heavy atom. The van der Waals surface area contributed by atoms with Crippen molar-refractivity contribution in [1.82, 2.24) is 19.6 Å². The lowest BCUT2D eigenvalue weighted by molar-refractivity contribution is 0.0326. The molecule has 1 aromatic heterocycles. The number of rotatable bonds is 5. The van der Waals surface area contributed by atoms with E-state index in [1.165, 1.54) is 51.0 Å². The molecule has 22 heavy (non-hydrogen) atoms. The van der Waals surface area contributed by atoms with Gasteiger partial charge in [0, 0.05) is 45.9 Å². The molecule has 2 fully saturated rings. The largest absolute Gasteiger partial charge is 0.383 e. The quantitative estimate of drug-likeness (QED) is 0.831. The second kappa shape index (κ2) is 6.69. The maximum Gasteiger partial charge on any atom is 0.0597 e. The number of hydrogen-bond acceptors (Lipinski definition) is 4. The molecule has 0 N–H and O–H groups in total. The molecule has 1 aromatic rings. The fourth-order valence-electron chi connectivity index (χ4n) is 4.28. The maximum absolute atomic E-state index is 5.29. The Morgan fingerprint density at radius 3 is 2.64 bits per heavy atom. The van der Waals surface area contributed by atoms with E-state index in [-0.39, 0.29) is 0 Å². The van der Waals surface area contributed by atoms with E-state index in [1.807, 2.05) is 4.68 Å². The van der Waals surface area contributed by atoms with Gasteiger partial charge in [0.25, 0.3) is 0 Å². The lowest BCUT2D eigenvalue weighted by Gasteiger charge is -2.45. The molecule has 5 nitrogen and oxygen atoms in total. The van der Waals surface area contributed by atoms with Crippen LogP contribution in [0.15, 0.2) is 6.07 Å². The predicted octanol–water partition coefficient (Wildman–Crippen LogP) is 1.81. The highest BCUT2D eigenvalue weighted by molar-refractivity contribution is 5.09. The van der Waals surface area contributed by atoms with Gasteiger partial charge in [0.2, 0.25) is 0 Å². The van der Waals surface area contributed by atoms with E-state index in [9.17, 15) is 0 Å². The van der Waals surface area contributed by atoms with Gasteiger partial charge in [-0.1, -0.05) is 0 Å².